The molecule has 0 atom stereocenters. The predicted molar refractivity (Wildman–Crippen MR) is 51.8 cm³/mol. The van der Waals surface area contributed by atoms with Crippen LogP contribution < -0.4 is 4.91 Å². The first-order chi connectivity index (χ1) is 7.90. The summed E-state index contributed by atoms with van der Waals surface area (Å²) in [5.41, 5.74) is 4.45. The molecular formula is C10H10F4N3+. The molecule has 0 unspecified atom stereocenters. The summed E-state index contributed by atoms with van der Waals surface area (Å²) in [6, 6.07) is 0. The number of hydrogen-bond donors (Lipinski definition) is 1. The molecule has 7 heteroatoms. The summed E-state index contributed by atoms with van der Waals surface area (Å²) in [4.78, 5) is 2.36. The van der Waals surface area contributed by atoms with Gasteiger partial charge in [0.2, 0.25) is 10.6 Å². The molecule has 17 heavy (non-hydrogen) atoms. The molecule has 0 bridgehead atoms. The fourth-order valence-corrected chi connectivity index (χ4v) is 1.39. The van der Waals surface area contributed by atoms with Crippen molar-refractivity contribution < 1.29 is 17.6 Å². The molecule has 0 amide bonds. The van der Waals surface area contributed by atoms with E-state index in [1.165, 1.54) is 0 Å². The molecule has 0 fully saturated rings. The standard InChI is InChI=1S/C10H10F4N3/c1-4(2)3-5-6(11)8(13)10(16-17-15)9(14)7(5)12/h4,15H,3H2,1-2H3/q+1. The first-order valence-electron chi connectivity index (χ1n) is 4.82. The summed E-state index contributed by atoms with van der Waals surface area (Å²) in [6.07, 6.45) is -0.135. The van der Waals surface area contributed by atoms with E-state index in [-0.39, 0.29) is 12.3 Å². The van der Waals surface area contributed by atoms with Crippen LogP contribution in [0.4, 0.5) is 23.2 Å². The molecule has 1 aromatic carbocycles. The highest BCUT2D eigenvalue weighted by molar-refractivity contribution is 5.44. The predicted octanol–water partition coefficient (Wildman–Crippen LogP) is 3.62. The van der Waals surface area contributed by atoms with Crippen LogP contribution in [0.15, 0.2) is 5.11 Å². The van der Waals surface area contributed by atoms with Crippen molar-refractivity contribution in [2.75, 3.05) is 0 Å². The van der Waals surface area contributed by atoms with Crippen molar-refractivity contribution in [2.45, 2.75) is 20.3 Å². The number of nitrogens with one attached hydrogen (secondary N) is 1. The molecule has 0 saturated heterocycles. The van der Waals surface area contributed by atoms with Gasteiger partial charge in [-0.25, -0.2) is 17.6 Å². The zero-order chi connectivity index (χ0) is 13.2. The Hall–Kier alpha value is -1.75. The summed E-state index contributed by atoms with van der Waals surface area (Å²) >= 11 is 0. The normalized spacial score (nSPS) is 10.5. The average molecular weight is 248 g/mol. The smallest absolute Gasteiger partial charge is 0.203 e. The fraction of sp³-hybridized carbons (Fsp3) is 0.400. The number of hydrogen-bond acceptors (Lipinski definition) is 2. The Balaban J connectivity index is 3.52. The van der Waals surface area contributed by atoms with Crippen molar-refractivity contribution in [1.82, 2.24) is 4.91 Å². The summed E-state index contributed by atoms with van der Waals surface area (Å²) in [5, 5.41) is 2.71. The van der Waals surface area contributed by atoms with Crippen LogP contribution in [0.3, 0.4) is 0 Å². The van der Waals surface area contributed by atoms with Crippen LogP contribution in [-0.4, -0.2) is 0 Å². The minimum Gasteiger partial charge on any atom is -0.203 e. The lowest BCUT2D eigenvalue weighted by molar-refractivity contribution is 0.431. The molecule has 0 radical (unpaired) electrons. The van der Waals surface area contributed by atoms with E-state index in [9.17, 15) is 17.6 Å². The Bertz CT molecular complexity index is 464. The highest BCUT2D eigenvalue weighted by Gasteiger charge is 2.28. The van der Waals surface area contributed by atoms with Gasteiger partial charge in [-0.2, -0.15) is 0 Å². The maximum absolute atomic E-state index is 13.4. The Morgan fingerprint density at radius 3 is 1.88 bits per heavy atom. The second-order valence-corrected chi connectivity index (χ2v) is 3.88. The van der Waals surface area contributed by atoms with Crippen LogP contribution in [0.25, 0.3) is 0 Å². The summed E-state index contributed by atoms with van der Waals surface area (Å²) in [5.74, 6) is -6.40. The molecule has 0 aliphatic carbocycles. The van der Waals surface area contributed by atoms with Gasteiger partial charge in [-0.15, -0.1) is 0 Å². The van der Waals surface area contributed by atoms with E-state index >= 15 is 0 Å². The van der Waals surface area contributed by atoms with E-state index in [1.807, 2.05) is 0 Å². The molecule has 0 aliphatic heterocycles. The van der Waals surface area contributed by atoms with Crippen molar-refractivity contribution in [2.24, 2.45) is 11.0 Å². The van der Waals surface area contributed by atoms with Gasteiger partial charge in [0.15, 0.2) is 28.4 Å². The van der Waals surface area contributed by atoms with Crippen LogP contribution in [0.1, 0.15) is 19.4 Å². The first-order valence-corrected chi connectivity index (χ1v) is 4.82. The van der Waals surface area contributed by atoms with E-state index in [0.717, 1.165) is 0 Å². The number of rotatable bonds is 3. The monoisotopic (exact) mass is 248 g/mol. The minimum atomic E-state index is -1.63. The first kappa shape index (κ1) is 13.3. The lowest BCUT2D eigenvalue weighted by Gasteiger charge is -2.09. The van der Waals surface area contributed by atoms with Crippen LogP contribution in [0.5, 0.6) is 0 Å². The van der Waals surface area contributed by atoms with Crippen LogP contribution in [-0.2, 0) is 6.42 Å². The van der Waals surface area contributed by atoms with Gasteiger partial charge in [-0.3, -0.25) is 0 Å². The average Bonchev–Trinajstić information content (AvgIpc) is 2.27. The zero-order valence-electron chi connectivity index (χ0n) is 9.19. The molecule has 1 rings (SSSR count). The van der Waals surface area contributed by atoms with Gasteiger partial charge >= 0.3 is 0 Å². The van der Waals surface area contributed by atoms with Crippen molar-refractivity contribution in [3.05, 3.63) is 28.8 Å². The van der Waals surface area contributed by atoms with Crippen molar-refractivity contribution in [3.63, 3.8) is 0 Å². The molecule has 0 aliphatic rings. The van der Waals surface area contributed by atoms with E-state index in [4.69, 9.17) is 5.53 Å². The third kappa shape index (κ3) is 2.50. The second kappa shape index (κ2) is 5.05. The Labute approximate surface area is 94.7 Å². The molecule has 0 heterocycles. The second-order valence-electron chi connectivity index (χ2n) is 3.88. The highest BCUT2D eigenvalue weighted by Crippen LogP contribution is 2.30. The maximum Gasteiger partial charge on any atom is 0.229 e. The minimum absolute atomic E-state index is 0.135. The number of benzene rings is 1. The molecule has 0 aromatic heterocycles. The van der Waals surface area contributed by atoms with Crippen LogP contribution in [0, 0.1) is 34.7 Å². The Morgan fingerprint density at radius 1 is 1.06 bits per heavy atom. The maximum atomic E-state index is 13.4. The largest absolute Gasteiger partial charge is 0.229 e. The SMILES string of the molecule is CC(C)Cc1c(F)c(F)c(N=[N+]=N)c(F)c1F. The molecule has 92 valence electrons. The number of nitrogens with zero attached hydrogens (tertiary/aromatic N) is 2. The van der Waals surface area contributed by atoms with E-state index in [1.54, 1.807) is 13.8 Å². The van der Waals surface area contributed by atoms with Gasteiger partial charge in [0, 0.05) is 5.56 Å². The lowest BCUT2D eigenvalue weighted by atomic mass is 10.0. The van der Waals surface area contributed by atoms with E-state index in [2.05, 4.69) is 10.0 Å². The van der Waals surface area contributed by atoms with Gasteiger partial charge in [0.25, 0.3) is 0 Å². The third-order valence-corrected chi connectivity index (χ3v) is 2.09. The summed E-state index contributed by atoms with van der Waals surface area (Å²) in [6.45, 7) is 3.32. The third-order valence-electron chi connectivity index (χ3n) is 2.09. The van der Waals surface area contributed by atoms with Gasteiger partial charge in [-0.05, 0) is 12.3 Å². The molecule has 0 spiro atoms. The molecule has 1 aromatic rings. The quantitative estimate of drug-likeness (QED) is 0.367. The Morgan fingerprint density at radius 2 is 1.53 bits per heavy atom. The summed E-state index contributed by atoms with van der Waals surface area (Å²) < 4.78 is 53.5. The molecular weight excluding hydrogens is 238 g/mol. The topological polar surface area (TPSA) is 50.3 Å². The zero-order valence-corrected chi connectivity index (χ0v) is 9.19. The lowest BCUT2D eigenvalue weighted by Crippen LogP contribution is -2.07. The van der Waals surface area contributed by atoms with E-state index < -0.39 is 34.5 Å². The molecule has 0 saturated carbocycles. The van der Waals surface area contributed by atoms with Crippen molar-refractivity contribution in [1.29, 1.82) is 5.53 Å². The summed E-state index contributed by atoms with van der Waals surface area (Å²) in [7, 11) is 0. The van der Waals surface area contributed by atoms with Gasteiger partial charge < -0.3 is 0 Å². The fourth-order valence-electron chi connectivity index (χ4n) is 1.39. The van der Waals surface area contributed by atoms with Crippen LogP contribution >= 0.6 is 0 Å². The Kier molecular flexibility index (Phi) is 3.96. The number of halogens is 4. The van der Waals surface area contributed by atoms with Crippen molar-refractivity contribution >= 4 is 5.69 Å². The highest BCUT2D eigenvalue weighted by atomic mass is 19.2. The van der Waals surface area contributed by atoms with Crippen LogP contribution in [0.2, 0.25) is 0 Å². The van der Waals surface area contributed by atoms with Crippen molar-refractivity contribution in [3.8, 4) is 0 Å². The van der Waals surface area contributed by atoms with E-state index in [0.29, 0.717) is 0 Å². The van der Waals surface area contributed by atoms with Gasteiger partial charge in [0.05, 0.1) is 0 Å². The van der Waals surface area contributed by atoms with Gasteiger partial charge in [-0.1, -0.05) is 13.8 Å². The molecule has 3 nitrogen and oxygen atoms in total. The molecule has 1 N–H and O–H groups in total. The van der Waals surface area contributed by atoms with Gasteiger partial charge in [0.1, 0.15) is 5.53 Å².